The molecule has 1 fully saturated rings. The summed E-state index contributed by atoms with van der Waals surface area (Å²) in [7, 11) is 1.35. The lowest BCUT2D eigenvalue weighted by Gasteiger charge is -2.30. The molecule has 0 unspecified atom stereocenters. The summed E-state index contributed by atoms with van der Waals surface area (Å²) in [5.74, 6) is -1.17. The molecule has 9 heteroatoms. The van der Waals surface area contributed by atoms with Crippen molar-refractivity contribution in [3.05, 3.63) is 36.1 Å². The van der Waals surface area contributed by atoms with Crippen molar-refractivity contribution >= 4 is 23.8 Å². The number of piperidine rings is 1. The summed E-state index contributed by atoms with van der Waals surface area (Å²) >= 11 is 0. The molecule has 2 aromatic rings. The van der Waals surface area contributed by atoms with Gasteiger partial charge in [0.1, 0.15) is 6.26 Å². The molecule has 132 valence electrons. The highest BCUT2D eigenvalue weighted by molar-refractivity contribution is 6.01. The fraction of sp³-hybridized carbons (Fsp3) is 0.375. The number of ether oxygens (including phenoxy) is 1. The minimum absolute atomic E-state index is 0.0887. The van der Waals surface area contributed by atoms with Gasteiger partial charge in [-0.2, -0.15) is 4.98 Å². The van der Waals surface area contributed by atoms with Gasteiger partial charge in [0.05, 0.1) is 19.3 Å². The number of furan rings is 1. The average Bonchev–Trinajstić information content (AvgIpc) is 3.32. The molecule has 1 aliphatic rings. The first kappa shape index (κ1) is 16.7. The first-order valence-electron chi connectivity index (χ1n) is 7.76. The largest absolute Gasteiger partial charge is 0.469 e. The third-order valence-electron chi connectivity index (χ3n) is 4.01. The quantitative estimate of drug-likeness (QED) is 0.834. The van der Waals surface area contributed by atoms with E-state index in [1.807, 2.05) is 0 Å². The lowest BCUT2D eigenvalue weighted by atomic mass is 9.97. The zero-order valence-corrected chi connectivity index (χ0v) is 13.6. The maximum Gasteiger partial charge on any atom is 0.308 e. The molecule has 9 nitrogen and oxygen atoms in total. The van der Waals surface area contributed by atoms with E-state index in [-0.39, 0.29) is 35.3 Å². The third kappa shape index (κ3) is 3.70. The third-order valence-corrected chi connectivity index (χ3v) is 4.01. The highest BCUT2D eigenvalue weighted by atomic mass is 16.5. The molecule has 0 aliphatic carbocycles. The number of nitrogens with one attached hydrogen (secondary N) is 1. The van der Waals surface area contributed by atoms with Crippen molar-refractivity contribution < 1.29 is 28.0 Å². The summed E-state index contributed by atoms with van der Waals surface area (Å²) in [6, 6.07) is 2.99. The number of likely N-dealkylation sites (tertiary alicyclic amines) is 1. The van der Waals surface area contributed by atoms with Gasteiger partial charge in [-0.25, -0.2) is 0 Å². The van der Waals surface area contributed by atoms with Crippen LogP contribution in [0.2, 0.25) is 0 Å². The molecule has 3 rings (SSSR count). The average molecular weight is 347 g/mol. The van der Waals surface area contributed by atoms with Gasteiger partial charge in [-0.3, -0.25) is 19.7 Å². The van der Waals surface area contributed by atoms with Gasteiger partial charge in [0.15, 0.2) is 11.5 Å². The Hall–Kier alpha value is -3.10. The molecule has 0 bridgehead atoms. The molecular weight excluding hydrogens is 330 g/mol. The summed E-state index contributed by atoms with van der Waals surface area (Å²) in [5, 5.41) is 2.41. The predicted molar refractivity (Wildman–Crippen MR) is 83.8 cm³/mol. The van der Waals surface area contributed by atoms with Crippen molar-refractivity contribution in [3.8, 4) is 0 Å². The maximum atomic E-state index is 12.4. The predicted octanol–water partition coefficient (Wildman–Crippen LogP) is 1.55. The first-order valence-corrected chi connectivity index (χ1v) is 7.76. The molecule has 0 spiro atoms. The van der Waals surface area contributed by atoms with E-state index in [1.54, 1.807) is 11.0 Å². The molecule has 0 atom stereocenters. The van der Waals surface area contributed by atoms with Crippen LogP contribution in [-0.2, 0) is 9.53 Å². The Kier molecular flexibility index (Phi) is 4.82. The van der Waals surface area contributed by atoms with E-state index in [2.05, 4.69) is 10.3 Å². The Morgan fingerprint density at radius 2 is 2.04 bits per heavy atom. The van der Waals surface area contributed by atoms with Gasteiger partial charge in [-0.15, -0.1) is 0 Å². The summed E-state index contributed by atoms with van der Waals surface area (Å²) < 4.78 is 14.8. The normalized spacial score (nSPS) is 15.0. The summed E-state index contributed by atoms with van der Waals surface area (Å²) in [6.07, 6.45) is 3.64. The second kappa shape index (κ2) is 7.20. The van der Waals surface area contributed by atoms with Gasteiger partial charge < -0.3 is 18.5 Å². The van der Waals surface area contributed by atoms with Crippen molar-refractivity contribution in [2.75, 3.05) is 25.5 Å². The number of nitrogens with zero attached hydrogens (tertiary/aromatic N) is 2. The van der Waals surface area contributed by atoms with Crippen LogP contribution in [0.3, 0.4) is 0 Å². The maximum absolute atomic E-state index is 12.4. The van der Waals surface area contributed by atoms with Crippen LogP contribution >= 0.6 is 0 Å². The number of hydrogen-bond donors (Lipinski definition) is 1. The molecule has 0 aromatic carbocycles. The standard InChI is InChI=1S/C16H17N3O6/c1-23-15(22)10-4-6-19(7-5-10)14(21)11-9-25-16(17-11)18-13(20)12-3-2-8-24-12/h2-3,8-10H,4-7H2,1H3,(H,17,18,20). The van der Waals surface area contributed by atoms with Gasteiger partial charge in [0, 0.05) is 13.1 Å². The zero-order chi connectivity index (χ0) is 17.8. The lowest BCUT2D eigenvalue weighted by Crippen LogP contribution is -2.40. The Bertz CT molecular complexity index is 759. The van der Waals surface area contributed by atoms with Crippen molar-refractivity contribution in [1.82, 2.24) is 9.88 Å². The fourth-order valence-corrected chi connectivity index (χ4v) is 2.64. The number of aromatic nitrogens is 1. The number of amides is 2. The number of oxazole rings is 1. The van der Waals surface area contributed by atoms with Crippen molar-refractivity contribution in [2.24, 2.45) is 5.92 Å². The number of rotatable bonds is 4. The number of methoxy groups -OCH3 is 1. The Morgan fingerprint density at radius 3 is 2.68 bits per heavy atom. The summed E-state index contributed by atoms with van der Waals surface area (Å²) in [4.78, 5) is 41.4. The fourth-order valence-electron chi connectivity index (χ4n) is 2.64. The Balaban J connectivity index is 1.58. The van der Waals surface area contributed by atoms with E-state index in [0.29, 0.717) is 25.9 Å². The number of carbonyl (C=O) groups is 3. The van der Waals surface area contributed by atoms with Crippen LogP contribution in [0.4, 0.5) is 6.01 Å². The van der Waals surface area contributed by atoms with Crippen molar-refractivity contribution in [3.63, 3.8) is 0 Å². The smallest absolute Gasteiger partial charge is 0.308 e. The number of anilines is 1. The van der Waals surface area contributed by atoms with Gasteiger partial charge in [-0.05, 0) is 25.0 Å². The van der Waals surface area contributed by atoms with Crippen molar-refractivity contribution in [2.45, 2.75) is 12.8 Å². The second-order valence-corrected chi connectivity index (χ2v) is 5.56. The van der Waals surface area contributed by atoms with Crippen LogP contribution in [-0.4, -0.2) is 47.9 Å². The molecular formula is C16H17N3O6. The lowest BCUT2D eigenvalue weighted by molar-refractivity contribution is -0.146. The van der Waals surface area contributed by atoms with Gasteiger partial charge in [0.2, 0.25) is 0 Å². The number of carbonyl (C=O) groups excluding carboxylic acids is 3. The molecule has 0 saturated carbocycles. The molecule has 0 radical (unpaired) electrons. The molecule has 25 heavy (non-hydrogen) atoms. The monoisotopic (exact) mass is 347 g/mol. The van der Waals surface area contributed by atoms with Crippen molar-refractivity contribution in [1.29, 1.82) is 0 Å². The second-order valence-electron chi connectivity index (χ2n) is 5.56. The van der Waals surface area contributed by atoms with Gasteiger partial charge in [0.25, 0.3) is 11.8 Å². The van der Waals surface area contributed by atoms with Crippen LogP contribution < -0.4 is 5.32 Å². The number of esters is 1. The summed E-state index contributed by atoms with van der Waals surface area (Å²) in [6.45, 7) is 0.860. The number of hydrogen-bond acceptors (Lipinski definition) is 7. The van der Waals surface area contributed by atoms with Crippen LogP contribution in [0, 0.1) is 5.92 Å². The molecule has 1 aliphatic heterocycles. The summed E-state index contributed by atoms with van der Waals surface area (Å²) in [5.41, 5.74) is 0.0891. The molecule has 2 amide bonds. The van der Waals surface area contributed by atoms with E-state index in [1.165, 1.54) is 25.7 Å². The molecule has 2 aromatic heterocycles. The van der Waals surface area contributed by atoms with E-state index in [9.17, 15) is 14.4 Å². The van der Waals surface area contributed by atoms with Crippen LogP contribution in [0.15, 0.2) is 33.5 Å². The molecule has 3 heterocycles. The molecule has 1 N–H and O–H groups in total. The Labute approximate surface area is 142 Å². The van der Waals surface area contributed by atoms with Gasteiger partial charge in [-0.1, -0.05) is 0 Å². The van der Waals surface area contributed by atoms with E-state index < -0.39 is 5.91 Å². The van der Waals surface area contributed by atoms with E-state index in [4.69, 9.17) is 13.6 Å². The highest BCUT2D eigenvalue weighted by Crippen LogP contribution is 2.20. The molecule has 1 saturated heterocycles. The minimum Gasteiger partial charge on any atom is -0.469 e. The zero-order valence-electron chi connectivity index (χ0n) is 13.6. The minimum atomic E-state index is -0.523. The topological polar surface area (TPSA) is 115 Å². The van der Waals surface area contributed by atoms with Gasteiger partial charge >= 0.3 is 12.0 Å². The SMILES string of the molecule is COC(=O)C1CCN(C(=O)c2coc(NC(=O)c3ccco3)n2)CC1. The highest BCUT2D eigenvalue weighted by Gasteiger charge is 2.29. The van der Waals surface area contributed by atoms with Crippen LogP contribution in [0.25, 0.3) is 0 Å². The Morgan fingerprint density at radius 1 is 1.28 bits per heavy atom. The van der Waals surface area contributed by atoms with Crippen LogP contribution in [0.1, 0.15) is 33.9 Å². The van der Waals surface area contributed by atoms with Crippen LogP contribution in [0.5, 0.6) is 0 Å². The van der Waals surface area contributed by atoms with E-state index >= 15 is 0 Å². The van der Waals surface area contributed by atoms with E-state index in [0.717, 1.165) is 0 Å². The first-order chi connectivity index (χ1) is 12.1.